The Hall–Kier alpha value is -3.60. The van der Waals surface area contributed by atoms with Crippen molar-refractivity contribution in [3.05, 3.63) is 72.1 Å². The van der Waals surface area contributed by atoms with E-state index >= 15 is 0 Å². The average molecular weight is 502 g/mol. The maximum Gasteiger partial charge on any atom is 0.446 e. The van der Waals surface area contributed by atoms with E-state index in [0.717, 1.165) is 10.5 Å². The lowest BCUT2D eigenvalue weighted by atomic mass is 10.0. The van der Waals surface area contributed by atoms with E-state index in [1.807, 2.05) is 19.1 Å². The van der Waals surface area contributed by atoms with Crippen molar-refractivity contribution < 1.29 is 22.8 Å². The number of nitrogens with zero attached hydrogens (tertiary/aromatic N) is 4. The lowest BCUT2D eigenvalue weighted by Crippen LogP contribution is -2.43. The first kappa shape index (κ1) is 24.5. The molecule has 0 aliphatic carbocycles. The van der Waals surface area contributed by atoms with Crippen LogP contribution in [0.15, 0.2) is 65.8 Å². The van der Waals surface area contributed by atoms with Gasteiger partial charge in [0.15, 0.2) is 0 Å². The number of aromatic nitrogens is 2. The predicted molar refractivity (Wildman–Crippen MR) is 127 cm³/mol. The third-order valence-electron chi connectivity index (χ3n) is 5.53. The van der Waals surface area contributed by atoms with Crippen molar-refractivity contribution in [2.45, 2.75) is 43.3 Å². The monoisotopic (exact) mass is 501 g/mol. The Bertz CT molecular complexity index is 1250. The number of carbonyl (C=O) groups is 2. The number of benzene rings is 1. The fraction of sp³-hybridized carbons (Fsp3) is 0.250. The maximum atomic E-state index is 13.3. The number of amides is 3. The number of hydrogen-bond acceptors (Lipinski definition) is 6. The molecule has 3 amide bonds. The van der Waals surface area contributed by atoms with Gasteiger partial charge in [0.25, 0.3) is 5.91 Å². The maximum absolute atomic E-state index is 13.3. The summed E-state index contributed by atoms with van der Waals surface area (Å²) in [5, 5.41) is 3.14. The summed E-state index contributed by atoms with van der Waals surface area (Å²) >= 11 is -0.259. The van der Waals surface area contributed by atoms with Crippen molar-refractivity contribution >= 4 is 41.0 Å². The number of hydrogen-bond donors (Lipinski definition) is 1. The highest BCUT2D eigenvalue weighted by Crippen LogP contribution is 2.39. The summed E-state index contributed by atoms with van der Waals surface area (Å²) in [6.07, 6.45) is 3.32. The van der Waals surface area contributed by atoms with E-state index in [-0.39, 0.29) is 28.9 Å². The van der Waals surface area contributed by atoms with Gasteiger partial charge in [-0.05, 0) is 74.5 Å². The zero-order valence-corrected chi connectivity index (χ0v) is 19.9. The Morgan fingerprint density at radius 2 is 1.74 bits per heavy atom. The minimum atomic E-state index is -4.43. The number of thioether (sulfide) groups is 1. The summed E-state index contributed by atoms with van der Waals surface area (Å²) in [4.78, 5) is 37.6. The van der Waals surface area contributed by atoms with Crippen LogP contribution in [0.4, 0.5) is 35.3 Å². The molecule has 0 radical (unpaired) electrons. The first-order valence-electron chi connectivity index (χ1n) is 10.6. The number of nitrogens with one attached hydrogen (secondary N) is 1. The first-order chi connectivity index (χ1) is 16.5. The fourth-order valence-electron chi connectivity index (χ4n) is 3.64. The van der Waals surface area contributed by atoms with E-state index < -0.39 is 23.0 Å². The molecular weight excluding hydrogens is 479 g/mol. The standard InChI is InChI=1S/C24H22F3N5O2S/c1-15-6-11-19(29-13-15)30-20-16(5-4-12-28-20)14-31-22(34)32(21(33)23(31,2)3)17-7-9-18(10-8-17)35-24(25,26)27/h4-13H,14H2,1-3H3,(H,28,29,30). The number of rotatable bonds is 6. The van der Waals surface area contributed by atoms with Crippen LogP contribution in [0.5, 0.6) is 0 Å². The minimum Gasteiger partial charge on any atom is -0.325 e. The molecule has 4 rings (SSSR count). The number of carbonyl (C=O) groups excluding carboxylic acids is 2. The van der Waals surface area contributed by atoms with Gasteiger partial charge in [-0.15, -0.1) is 0 Å². The SMILES string of the molecule is Cc1ccc(Nc2ncccc2CN2C(=O)N(c3ccc(SC(F)(F)F)cc3)C(=O)C2(C)C)nc1. The van der Waals surface area contributed by atoms with Gasteiger partial charge in [-0.3, -0.25) is 4.79 Å². The molecule has 1 saturated heterocycles. The Kier molecular flexibility index (Phi) is 6.46. The molecular formula is C24H22F3N5O2S. The van der Waals surface area contributed by atoms with Crippen molar-refractivity contribution in [1.82, 2.24) is 14.9 Å². The van der Waals surface area contributed by atoms with Gasteiger partial charge < -0.3 is 10.2 Å². The lowest BCUT2D eigenvalue weighted by molar-refractivity contribution is -0.123. The molecule has 1 N–H and O–H groups in total. The minimum absolute atomic E-state index is 0.0350. The van der Waals surface area contributed by atoms with E-state index in [1.165, 1.54) is 29.2 Å². The molecule has 1 aromatic carbocycles. The van der Waals surface area contributed by atoms with E-state index in [0.29, 0.717) is 17.2 Å². The van der Waals surface area contributed by atoms with E-state index in [2.05, 4.69) is 15.3 Å². The lowest BCUT2D eigenvalue weighted by Gasteiger charge is -2.28. The van der Waals surface area contributed by atoms with Gasteiger partial charge in [0, 0.05) is 22.9 Å². The van der Waals surface area contributed by atoms with Crippen molar-refractivity contribution in [3.63, 3.8) is 0 Å². The molecule has 1 aliphatic heterocycles. The molecule has 0 spiro atoms. The number of urea groups is 1. The summed E-state index contributed by atoms with van der Waals surface area (Å²) in [5.74, 6) is 0.598. The van der Waals surface area contributed by atoms with Crippen molar-refractivity contribution in [1.29, 1.82) is 0 Å². The predicted octanol–water partition coefficient (Wildman–Crippen LogP) is 5.89. The Labute approximate surface area is 204 Å². The van der Waals surface area contributed by atoms with Crippen LogP contribution in [0.25, 0.3) is 0 Å². The number of imide groups is 1. The van der Waals surface area contributed by atoms with Crippen molar-refractivity contribution in [2.24, 2.45) is 0 Å². The first-order valence-corrected chi connectivity index (χ1v) is 11.4. The number of alkyl halides is 3. The van der Waals surface area contributed by atoms with E-state index in [1.54, 1.807) is 38.4 Å². The molecule has 0 saturated carbocycles. The average Bonchev–Trinajstić information content (AvgIpc) is 2.95. The molecule has 0 atom stereocenters. The van der Waals surface area contributed by atoms with Gasteiger partial charge in [0.2, 0.25) is 0 Å². The second-order valence-electron chi connectivity index (χ2n) is 8.47. The summed E-state index contributed by atoms with van der Waals surface area (Å²) in [5.41, 5.74) is -3.74. The van der Waals surface area contributed by atoms with Crippen LogP contribution in [0.2, 0.25) is 0 Å². The summed E-state index contributed by atoms with van der Waals surface area (Å²) in [6.45, 7) is 5.27. The van der Waals surface area contributed by atoms with E-state index in [4.69, 9.17) is 0 Å². The largest absolute Gasteiger partial charge is 0.446 e. The van der Waals surface area contributed by atoms with Crippen molar-refractivity contribution in [3.8, 4) is 0 Å². The number of aryl methyl sites for hydroxylation is 1. The van der Waals surface area contributed by atoms with Crippen LogP contribution < -0.4 is 10.2 Å². The van der Waals surface area contributed by atoms with Crippen LogP contribution in [-0.4, -0.2) is 37.9 Å². The number of halogens is 3. The van der Waals surface area contributed by atoms with E-state index in [9.17, 15) is 22.8 Å². The second-order valence-corrected chi connectivity index (χ2v) is 9.61. The molecule has 2 aromatic heterocycles. The van der Waals surface area contributed by atoms with Crippen LogP contribution in [-0.2, 0) is 11.3 Å². The topological polar surface area (TPSA) is 78.4 Å². The second kappa shape index (κ2) is 9.21. The van der Waals surface area contributed by atoms with Gasteiger partial charge in [-0.25, -0.2) is 19.7 Å². The van der Waals surface area contributed by atoms with Crippen LogP contribution in [0.3, 0.4) is 0 Å². The third kappa shape index (κ3) is 5.24. The molecule has 1 fully saturated rings. The normalized spacial score (nSPS) is 15.6. The smallest absolute Gasteiger partial charge is 0.325 e. The molecule has 3 heterocycles. The van der Waals surface area contributed by atoms with Crippen LogP contribution in [0, 0.1) is 6.92 Å². The number of anilines is 3. The molecule has 1 aliphatic rings. The van der Waals surface area contributed by atoms with Gasteiger partial charge in [0.05, 0.1) is 12.2 Å². The van der Waals surface area contributed by atoms with Gasteiger partial charge in [-0.2, -0.15) is 13.2 Å². The molecule has 3 aromatic rings. The Morgan fingerprint density at radius 1 is 1.03 bits per heavy atom. The molecule has 7 nitrogen and oxygen atoms in total. The highest BCUT2D eigenvalue weighted by atomic mass is 32.2. The van der Waals surface area contributed by atoms with Crippen LogP contribution in [0.1, 0.15) is 25.0 Å². The third-order valence-corrected chi connectivity index (χ3v) is 6.27. The molecule has 182 valence electrons. The Balaban J connectivity index is 1.58. The zero-order chi connectivity index (χ0) is 25.4. The molecule has 0 bridgehead atoms. The van der Waals surface area contributed by atoms with Crippen LogP contribution >= 0.6 is 11.8 Å². The highest BCUT2D eigenvalue weighted by Gasteiger charge is 2.52. The molecule has 0 unspecified atom stereocenters. The van der Waals surface area contributed by atoms with Crippen molar-refractivity contribution in [2.75, 3.05) is 10.2 Å². The zero-order valence-electron chi connectivity index (χ0n) is 19.1. The highest BCUT2D eigenvalue weighted by molar-refractivity contribution is 8.00. The van der Waals surface area contributed by atoms with Gasteiger partial charge in [-0.1, -0.05) is 12.1 Å². The van der Waals surface area contributed by atoms with Gasteiger partial charge >= 0.3 is 11.5 Å². The summed E-state index contributed by atoms with van der Waals surface area (Å²) < 4.78 is 37.9. The Morgan fingerprint density at radius 3 is 2.37 bits per heavy atom. The molecule has 35 heavy (non-hydrogen) atoms. The quantitative estimate of drug-likeness (QED) is 0.335. The molecule has 11 heteroatoms. The summed E-state index contributed by atoms with van der Waals surface area (Å²) in [6, 6.07) is 11.8. The van der Waals surface area contributed by atoms with Gasteiger partial charge in [0.1, 0.15) is 17.2 Å². The fourth-order valence-corrected chi connectivity index (χ4v) is 4.18. The number of pyridine rings is 2. The summed E-state index contributed by atoms with van der Waals surface area (Å²) in [7, 11) is 0.